The van der Waals surface area contributed by atoms with E-state index in [1.807, 2.05) is 69.3 Å². The fourth-order valence-electron chi connectivity index (χ4n) is 2.39. The Morgan fingerprint density at radius 1 is 1.00 bits per heavy atom. The van der Waals surface area contributed by atoms with E-state index in [0.29, 0.717) is 23.0 Å². The maximum Gasteiger partial charge on any atom is 0.161 e. The summed E-state index contributed by atoms with van der Waals surface area (Å²) in [4.78, 5) is 8.82. The standard InChI is InChI=1S/C15H16N4.C7H8N2.C2H6/c1-3-10(9-11(16)4-2)15-18-13-8-6-5-7-12(13)14(17)19-15;8-5-6-3-1-2-4-7(6)9;1-2/h3-9H,2,16H2,1H3,(H2,17,18,19);1-5,8H,9H2;1-2H3/b10-3+,11-9+;;. The molecule has 0 amide bonds. The largest absolute Gasteiger partial charge is 0.399 e. The maximum atomic E-state index is 6.88. The average Bonchev–Trinajstić information content (AvgIpc) is 2.79. The molecular formula is C24H30N6. The van der Waals surface area contributed by atoms with E-state index in [2.05, 4.69) is 16.5 Å². The molecule has 0 radical (unpaired) electrons. The second-order valence-corrected chi connectivity index (χ2v) is 5.82. The molecule has 0 aliphatic carbocycles. The Balaban J connectivity index is 0.000000342. The lowest BCUT2D eigenvalue weighted by molar-refractivity contribution is 1.17. The van der Waals surface area contributed by atoms with Gasteiger partial charge in [-0.25, -0.2) is 9.97 Å². The molecule has 30 heavy (non-hydrogen) atoms. The summed E-state index contributed by atoms with van der Waals surface area (Å²) in [5.74, 6) is 1.02. The molecule has 0 spiro atoms. The van der Waals surface area contributed by atoms with E-state index >= 15 is 0 Å². The van der Waals surface area contributed by atoms with Gasteiger partial charge < -0.3 is 22.6 Å². The van der Waals surface area contributed by atoms with Crippen molar-refractivity contribution < 1.29 is 0 Å². The van der Waals surface area contributed by atoms with Crippen LogP contribution in [0.4, 0.5) is 11.5 Å². The molecule has 0 bridgehead atoms. The first-order chi connectivity index (χ1) is 14.5. The molecule has 7 N–H and O–H groups in total. The molecular weight excluding hydrogens is 372 g/mol. The van der Waals surface area contributed by atoms with Crippen LogP contribution >= 0.6 is 0 Å². The molecule has 2 aromatic carbocycles. The Bertz CT molecular complexity index is 1050. The van der Waals surface area contributed by atoms with Gasteiger partial charge in [0.1, 0.15) is 5.82 Å². The van der Waals surface area contributed by atoms with Crippen molar-refractivity contribution in [2.24, 2.45) is 5.73 Å². The Morgan fingerprint density at radius 2 is 1.63 bits per heavy atom. The third kappa shape index (κ3) is 6.60. The second-order valence-electron chi connectivity index (χ2n) is 5.82. The Hall–Kier alpha value is -3.93. The monoisotopic (exact) mass is 402 g/mol. The smallest absolute Gasteiger partial charge is 0.161 e. The summed E-state index contributed by atoms with van der Waals surface area (Å²) in [5.41, 5.74) is 20.8. The van der Waals surface area contributed by atoms with Gasteiger partial charge in [-0.15, -0.1) is 0 Å². The molecule has 0 aliphatic rings. The first kappa shape index (κ1) is 24.1. The van der Waals surface area contributed by atoms with Crippen LogP contribution in [-0.2, 0) is 0 Å². The summed E-state index contributed by atoms with van der Waals surface area (Å²) in [7, 11) is 0. The van der Waals surface area contributed by atoms with Gasteiger partial charge in [0.25, 0.3) is 0 Å². The van der Waals surface area contributed by atoms with Crippen molar-refractivity contribution in [3.8, 4) is 0 Å². The molecule has 3 aromatic rings. The summed E-state index contributed by atoms with van der Waals surface area (Å²) >= 11 is 0. The van der Waals surface area contributed by atoms with Gasteiger partial charge in [-0.3, -0.25) is 0 Å². The van der Waals surface area contributed by atoms with E-state index in [9.17, 15) is 0 Å². The van der Waals surface area contributed by atoms with Crippen LogP contribution in [0.1, 0.15) is 32.2 Å². The number of allylic oxidation sites excluding steroid dienone is 4. The summed E-state index contributed by atoms with van der Waals surface area (Å²) in [6.07, 6.45) is 6.49. The molecule has 6 heteroatoms. The van der Waals surface area contributed by atoms with Crippen LogP contribution in [0, 0.1) is 5.41 Å². The molecule has 0 unspecified atom stereocenters. The first-order valence-electron chi connectivity index (χ1n) is 9.63. The highest BCUT2D eigenvalue weighted by Crippen LogP contribution is 2.21. The lowest BCUT2D eigenvalue weighted by Gasteiger charge is -2.06. The van der Waals surface area contributed by atoms with Crippen LogP contribution in [0.15, 0.2) is 79.0 Å². The molecule has 0 fully saturated rings. The molecule has 0 atom stereocenters. The predicted molar refractivity (Wildman–Crippen MR) is 130 cm³/mol. The zero-order valence-electron chi connectivity index (χ0n) is 17.8. The number of fused-ring (bicyclic) bond motifs is 1. The SMILES string of the molecule is C=C/C(N)=C\C(=C/C)c1nc(N)c2ccccc2n1.CC.N=Cc1ccccc1N. The van der Waals surface area contributed by atoms with Gasteiger partial charge in [0.05, 0.1) is 5.52 Å². The predicted octanol–water partition coefficient (Wildman–Crippen LogP) is 4.94. The third-order valence-corrected chi connectivity index (χ3v) is 3.91. The summed E-state index contributed by atoms with van der Waals surface area (Å²) in [5, 5.41) is 7.73. The maximum absolute atomic E-state index is 6.88. The van der Waals surface area contributed by atoms with Crippen LogP contribution in [0.5, 0.6) is 0 Å². The molecule has 0 saturated carbocycles. The van der Waals surface area contributed by atoms with E-state index in [1.165, 1.54) is 6.21 Å². The number of hydrogen-bond donors (Lipinski definition) is 4. The minimum Gasteiger partial charge on any atom is -0.399 e. The second kappa shape index (κ2) is 12.5. The van der Waals surface area contributed by atoms with Crippen molar-refractivity contribution in [2.45, 2.75) is 20.8 Å². The van der Waals surface area contributed by atoms with Gasteiger partial charge in [0.2, 0.25) is 0 Å². The average molecular weight is 403 g/mol. The van der Waals surface area contributed by atoms with Crippen LogP contribution in [0.3, 0.4) is 0 Å². The lowest BCUT2D eigenvalue weighted by Crippen LogP contribution is -2.01. The van der Waals surface area contributed by atoms with Crippen LogP contribution in [0.2, 0.25) is 0 Å². The number of para-hydroxylation sites is 2. The van der Waals surface area contributed by atoms with E-state index in [4.69, 9.17) is 22.6 Å². The topological polar surface area (TPSA) is 128 Å². The van der Waals surface area contributed by atoms with E-state index < -0.39 is 0 Å². The molecule has 156 valence electrons. The van der Waals surface area contributed by atoms with Crippen molar-refractivity contribution in [3.05, 3.63) is 90.4 Å². The minimum absolute atomic E-state index is 0.463. The molecule has 1 heterocycles. The third-order valence-electron chi connectivity index (χ3n) is 3.91. The van der Waals surface area contributed by atoms with Gasteiger partial charge in [-0.1, -0.05) is 56.8 Å². The Kier molecular flexibility index (Phi) is 10.1. The molecule has 0 saturated heterocycles. The van der Waals surface area contributed by atoms with Crippen molar-refractivity contribution in [2.75, 3.05) is 11.5 Å². The van der Waals surface area contributed by atoms with Crippen molar-refractivity contribution in [1.82, 2.24) is 9.97 Å². The van der Waals surface area contributed by atoms with Gasteiger partial charge in [0.15, 0.2) is 5.82 Å². The normalized spacial score (nSPS) is 10.9. The highest BCUT2D eigenvalue weighted by atomic mass is 14.9. The summed E-state index contributed by atoms with van der Waals surface area (Å²) < 4.78 is 0. The van der Waals surface area contributed by atoms with E-state index in [1.54, 1.807) is 18.2 Å². The molecule has 3 rings (SSSR count). The minimum atomic E-state index is 0.463. The number of anilines is 2. The first-order valence-corrected chi connectivity index (χ1v) is 9.63. The fraction of sp³-hybridized carbons (Fsp3) is 0.125. The number of nitrogens with zero attached hydrogens (tertiary/aromatic N) is 2. The highest BCUT2D eigenvalue weighted by molar-refractivity contribution is 5.89. The van der Waals surface area contributed by atoms with Crippen LogP contribution < -0.4 is 17.2 Å². The van der Waals surface area contributed by atoms with E-state index in [0.717, 1.165) is 22.0 Å². The number of aromatic nitrogens is 2. The van der Waals surface area contributed by atoms with Crippen LogP contribution in [-0.4, -0.2) is 16.2 Å². The molecule has 0 aliphatic heterocycles. The fourth-order valence-corrected chi connectivity index (χ4v) is 2.39. The van der Waals surface area contributed by atoms with Crippen molar-refractivity contribution >= 4 is 34.2 Å². The van der Waals surface area contributed by atoms with Crippen molar-refractivity contribution in [1.29, 1.82) is 5.41 Å². The van der Waals surface area contributed by atoms with E-state index in [-0.39, 0.29) is 0 Å². The Morgan fingerprint density at radius 3 is 2.20 bits per heavy atom. The summed E-state index contributed by atoms with van der Waals surface area (Å²) in [6, 6.07) is 14.9. The molecule has 1 aromatic heterocycles. The Labute approximate surface area is 178 Å². The zero-order chi connectivity index (χ0) is 22.5. The number of benzene rings is 2. The summed E-state index contributed by atoms with van der Waals surface area (Å²) in [6.45, 7) is 9.52. The van der Waals surface area contributed by atoms with Crippen LogP contribution in [0.25, 0.3) is 16.5 Å². The van der Waals surface area contributed by atoms with Gasteiger partial charge >= 0.3 is 0 Å². The lowest BCUT2D eigenvalue weighted by atomic mass is 10.1. The van der Waals surface area contributed by atoms with Crippen molar-refractivity contribution in [3.63, 3.8) is 0 Å². The zero-order valence-corrected chi connectivity index (χ0v) is 17.8. The quantitative estimate of drug-likeness (QED) is 0.279. The highest BCUT2D eigenvalue weighted by Gasteiger charge is 2.07. The molecule has 6 nitrogen and oxygen atoms in total. The number of nitrogens with one attached hydrogen (secondary N) is 1. The van der Waals surface area contributed by atoms with Gasteiger partial charge in [-0.05, 0) is 37.3 Å². The number of rotatable bonds is 4. The van der Waals surface area contributed by atoms with Gasteiger partial charge in [-0.2, -0.15) is 0 Å². The number of nitrogen functional groups attached to an aromatic ring is 2. The number of hydrogen-bond acceptors (Lipinski definition) is 6. The van der Waals surface area contributed by atoms with Gasteiger partial charge in [0, 0.05) is 34.1 Å². The number of nitrogens with two attached hydrogens (primary N) is 3.